The standard InChI is InChI=1S/C22H24N4O3S/c1-13-9-16(11-17(10-13)26-21-23-8-5-14(2)25-21)18-12-24-20(30-18)22(29)6-3-15(4-7-22)19(27)28/h5,8-12,15,29H,3-4,6-7H2,1-2H3,(H,27,28)(H,23,25,26). The highest BCUT2D eigenvalue weighted by atomic mass is 32.1. The van der Waals surface area contributed by atoms with E-state index in [0.717, 1.165) is 27.4 Å². The van der Waals surface area contributed by atoms with E-state index in [2.05, 4.69) is 26.3 Å². The first-order valence-corrected chi connectivity index (χ1v) is 10.7. The van der Waals surface area contributed by atoms with Crippen molar-refractivity contribution < 1.29 is 15.0 Å². The molecule has 3 aromatic rings. The molecule has 3 N–H and O–H groups in total. The van der Waals surface area contributed by atoms with Crippen molar-refractivity contribution in [1.29, 1.82) is 0 Å². The molecule has 8 heteroatoms. The van der Waals surface area contributed by atoms with Crippen LogP contribution in [0.1, 0.15) is 41.9 Å². The summed E-state index contributed by atoms with van der Waals surface area (Å²) in [6.07, 6.45) is 5.27. The average molecular weight is 425 g/mol. The van der Waals surface area contributed by atoms with Crippen LogP contribution >= 0.6 is 11.3 Å². The Bertz CT molecular complexity index is 1070. The normalized spacial score (nSPS) is 21.4. The molecule has 1 aromatic carbocycles. The molecule has 0 aliphatic heterocycles. The summed E-state index contributed by atoms with van der Waals surface area (Å²) < 4.78 is 0. The Morgan fingerprint density at radius 1 is 1.20 bits per heavy atom. The van der Waals surface area contributed by atoms with Crippen LogP contribution < -0.4 is 5.32 Å². The number of anilines is 2. The van der Waals surface area contributed by atoms with E-state index >= 15 is 0 Å². The maximum Gasteiger partial charge on any atom is 0.306 e. The molecule has 30 heavy (non-hydrogen) atoms. The second-order valence-corrected chi connectivity index (χ2v) is 8.94. The van der Waals surface area contributed by atoms with E-state index in [0.29, 0.717) is 36.6 Å². The molecular formula is C22H24N4O3S. The van der Waals surface area contributed by atoms with E-state index in [1.165, 1.54) is 11.3 Å². The fraction of sp³-hybridized carbons (Fsp3) is 0.364. The second kappa shape index (κ2) is 8.12. The van der Waals surface area contributed by atoms with Crippen LogP contribution in [0.3, 0.4) is 0 Å². The zero-order valence-corrected chi connectivity index (χ0v) is 17.7. The van der Waals surface area contributed by atoms with Crippen molar-refractivity contribution in [1.82, 2.24) is 15.0 Å². The molecule has 0 spiro atoms. The topological polar surface area (TPSA) is 108 Å². The lowest BCUT2D eigenvalue weighted by molar-refractivity contribution is -0.145. The van der Waals surface area contributed by atoms with Gasteiger partial charge in [0.25, 0.3) is 0 Å². The van der Waals surface area contributed by atoms with Crippen molar-refractivity contribution in [2.75, 3.05) is 5.32 Å². The van der Waals surface area contributed by atoms with Gasteiger partial charge in [0.05, 0.1) is 10.8 Å². The number of nitrogens with one attached hydrogen (secondary N) is 1. The quantitative estimate of drug-likeness (QED) is 0.556. The number of hydrogen-bond acceptors (Lipinski definition) is 7. The largest absolute Gasteiger partial charge is 0.481 e. The SMILES string of the molecule is Cc1cc(Nc2nccc(C)n2)cc(-c2cnc(C3(O)CCC(C(=O)O)CC3)s2)c1. The molecule has 1 aliphatic carbocycles. The predicted octanol–water partition coefficient (Wildman–Crippen LogP) is 4.42. The zero-order valence-electron chi connectivity index (χ0n) is 16.9. The van der Waals surface area contributed by atoms with E-state index < -0.39 is 11.6 Å². The van der Waals surface area contributed by atoms with Gasteiger partial charge in [-0.1, -0.05) is 6.07 Å². The molecule has 0 amide bonds. The summed E-state index contributed by atoms with van der Waals surface area (Å²) in [6, 6.07) is 7.96. The summed E-state index contributed by atoms with van der Waals surface area (Å²) in [5.74, 6) is -0.616. The number of aliphatic hydroxyl groups is 1. The highest BCUT2D eigenvalue weighted by Crippen LogP contribution is 2.43. The van der Waals surface area contributed by atoms with Gasteiger partial charge >= 0.3 is 5.97 Å². The molecule has 0 radical (unpaired) electrons. The van der Waals surface area contributed by atoms with Crippen LogP contribution in [-0.4, -0.2) is 31.1 Å². The number of carbonyl (C=O) groups is 1. The van der Waals surface area contributed by atoms with E-state index in [1.807, 2.05) is 32.0 Å². The van der Waals surface area contributed by atoms with E-state index in [1.54, 1.807) is 12.4 Å². The number of aromatic nitrogens is 3. The lowest BCUT2D eigenvalue weighted by Gasteiger charge is -2.32. The summed E-state index contributed by atoms with van der Waals surface area (Å²) in [5, 5.41) is 24.2. The van der Waals surface area contributed by atoms with E-state index in [4.69, 9.17) is 0 Å². The lowest BCUT2D eigenvalue weighted by atomic mass is 9.79. The third kappa shape index (κ3) is 4.34. The summed E-state index contributed by atoms with van der Waals surface area (Å²) in [4.78, 5) is 25.3. The fourth-order valence-electron chi connectivity index (χ4n) is 3.81. The number of carboxylic acids is 1. The Balaban J connectivity index is 1.56. The molecule has 0 bridgehead atoms. The minimum absolute atomic E-state index is 0.376. The lowest BCUT2D eigenvalue weighted by Crippen LogP contribution is -2.33. The number of nitrogens with zero attached hydrogens (tertiary/aromatic N) is 3. The summed E-state index contributed by atoms with van der Waals surface area (Å²) in [7, 11) is 0. The van der Waals surface area contributed by atoms with Gasteiger partial charge in [-0.05, 0) is 68.9 Å². The van der Waals surface area contributed by atoms with Crippen LogP contribution in [0.25, 0.3) is 10.4 Å². The molecule has 1 fully saturated rings. The first kappa shape index (κ1) is 20.4. The molecular weight excluding hydrogens is 400 g/mol. The average Bonchev–Trinajstić information content (AvgIpc) is 3.19. The summed E-state index contributed by atoms with van der Waals surface area (Å²) in [5.41, 5.74) is 2.80. The molecule has 7 nitrogen and oxygen atoms in total. The van der Waals surface area contributed by atoms with E-state index in [-0.39, 0.29) is 5.92 Å². The van der Waals surface area contributed by atoms with Crippen LogP contribution in [0.4, 0.5) is 11.6 Å². The highest BCUT2D eigenvalue weighted by Gasteiger charge is 2.39. The number of aliphatic carboxylic acids is 1. The van der Waals surface area contributed by atoms with Gasteiger partial charge in [0.15, 0.2) is 0 Å². The van der Waals surface area contributed by atoms with Crippen molar-refractivity contribution in [3.05, 3.63) is 52.9 Å². The van der Waals surface area contributed by atoms with Gasteiger partial charge < -0.3 is 15.5 Å². The van der Waals surface area contributed by atoms with Crippen LogP contribution in [0.2, 0.25) is 0 Å². The smallest absolute Gasteiger partial charge is 0.306 e. The van der Waals surface area contributed by atoms with Crippen LogP contribution in [0.5, 0.6) is 0 Å². The number of benzene rings is 1. The molecule has 0 saturated heterocycles. The van der Waals surface area contributed by atoms with Crippen LogP contribution in [0.15, 0.2) is 36.7 Å². The number of rotatable bonds is 5. The number of aryl methyl sites for hydroxylation is 2. The molecule has 1 aliphatic rings. The first-order chi connectivity index (χ1) is 14.3. The van der Waals surface area contributed by atoms with Gasteiger partial charge in [-0.15, -0.1) is 11.3 Å². The van der Waals surface area contributed by atoms with Gasteiger partial charge in [-0.2, -0.15) is 0 Å². The van der Waals surface area contributed by atoms with Crippen molar-refractivity contribution >= 4 is 28.9 Å². The molecule has 156 valence electrons. The monoisotopic (exact) mass is 424 g/mol. The maximum absolute atomic E-state index is 11.2. The van der Waals surface area contributed by atoms with Gasteiger partial charge in [-0.25, -0.2) is 15.0 Å². The fourth-order valence-corrected chi connectivity index (χ4v) is 4.86. The molecule has 0 atom stereocenters. The van der Waals surface area contributed by atoms with Crippen molar-refractivity contribution in [2.45, 2.75) is 45.1 Å². The van der Waals surface area contributed by atoms with Gasteiger partial charge in [0.2, 0.25) is 5.95 Å². The minimum atomic E-state index is -1.05. The zero-order chi connectivity index (χ0) is 21.3. The van der Waals surface area contributed by atoms with E-state index in [9.17, 15) is 15.0 Å². The number of hydrogen-bond donors (Lipinski definition) is 3. The van der Waals surface area contributed by atoms with Crippen molar-refractivity contribution in [3.8, 4) is 10.4 Å². The van der Waals surface area contributed by atoms with Crippen LogP contribution in [0, 0.1) is 19.8 Å². The number of thiazole rings is 1. The minimum Gasteiger partial charge on any atom is -0.481 e. The predicted molar refractivity (Wildman–Crippen MR) is 116 cm³/mol. The maximum atomic E-state index is 11.2. The first-order valence-electron chi connectivity index (χ1n) is 9.93. The van der Waals surface area contributed by atoms with Crippen molar-refractivity contribution in [2.24, 2.45) is 5.92 Å². The Kier molecular flexibility index (Phi) is 5.53. The third-order valence-corrected chi connectivity index (χ3v) is 6.72. The molecule has 2 aromatic heterocycles. The van der Waals surface area contributed by atoms with Gasteiger partial charge in [0, 0.05) is 23.8 Å². The Morgan fingerprint density at radius 2 is 1.97 bits per heavy atom. The summed E-state index contributed by atoms with van der Waals surface area (Å²) in [6.45, 7) is 3.94. The number of carboxylic acid groups (broad SMARTS) is 1. The van der Waals surface area contributed by atoms with Crippen LogP contribution in [-0.2, 0) is 10.4 Å². The van der Waals surface area contributed by atoms with Crippen molar-refractivity contribution in [3.63, 3.8) is 0 Å². The molecule has 2 heterocycles. The molecule has 0 unspecified atom stereocenters. The van der Waals surface area contributed by atoms with Gasteiger partial charge in [0.1, 0.15) is 10.6 Å². The van der Waals surface area contributed by atoms with Gasteiger partial charge in [-0.3, -0.25) is 4.79 Å². The molecule has 1 saturated carbocycles. The Morgan fingerprint density at radius 3 is 2.67 bits per heavy atom. The highest BCUT2D eigenvalue weighted by molar-refractivity contribution is 7.15. The summed E-state index contributed by atoms with van der Waals surface area (Å²) >= 11 is 1.46. The second-order valence-electron chi connectivity index (χ2n) is 7.91. The Hall–Kier alpha value is -2.84. The Labute approximate surface area is 178 Å². The molecule has 4 rings (SSSR count). The third-order valence-electron chi connectivity index (χ3n) is 5.48.